The lowest BCUT2D eigenvalue weighted by atomic mass is 9.95. The zero-order valence-electron chi connectivity index (χ0n) is 14.9. The third-order valence-corrected chi connectivity index (χ3v) is 3.18. The standard InChI is InChI=1S/C15H20O11/c1-7(16)23-11-6-22-15(14(20)21-5,26-10(4)19)13(25-9(3)18)12(11)24-8(2)17/h11-13H,6H2,1-5H3. The summed E-state index contributed by atoms with van der Waals surface area (Å²) in [5.41, 5.74) is 0. The molecule has 0 aromatic carbocycles. The van der Waals surface area contributed by atoms with E-state index in [2.05, 4.69) is 4.74 Å². The van der Waals surface area contributed by atoms with Gasteiger partial charge in [0.05, 0.1) is 13.7 Å². The van der Waals surface area contributed by atoms with Crippen molar-refractivity contribution in [2.24, 2.45) is 0 Å². The number of esters is 5. The van der Waals surface area contributed by atoms with Crippen molar-refractivity contribution in [2.75, 3.05) is 13.7 Å². The molecule has 0 aromatic heterocycles. The summed E-state index contributed by atoms with van der Waals surface area (Å²) in [5.74, 6) is -7.18. The normalized spacial score (nSPS) is 27.7. The predicted molar refractivity (Wildman–Crippen MR) is 79.1 cm³/mol. The first-order chi connectivity index (χ1) is 12.0. The molecule has 0 amide bonds. The van der Waals surface area contributed by atoms with E-state index in [0.29, 0.717) is 0 Å². The van der Waals surface area contributed by atoms with Gasteiger partial charge in [0.2, 0.25) is 6.10 Å². The van der Waals surface area contributed by atoms with Crippen molar-refractivity contribution in [3.63, 3.8) is 0 Å². The van der Waals surface area contributed by atoms with Gasteiger partial charge in [-0.15, -0.1) is 0 Å². The molecule has 0 radical (unpaired) electrons. The molecule has 26 heavy (non-hydrogen) atoms. The number of carbonyl (C=O) groups is 5. The Morgan fingerprint density at radius 3 is 1.81 bits per heavy atom. The topological polar surface area (TPSA) is 141 Å². The van der Waals surface area contributed by atoms with E-state index >= 15 is 0 Å². The van der Waals surface area contributed by atoms with Crippen LogP contribution in [0, 0.1) is 0 Å². The Hall–Kier alpha value is -2.69. The predicted octanol–water partition coefficient (Wildman–Crippen LogP) is -0.756. The fourth-order valence-electron chi connectivity index (χ4n) is 2.42. The number of rotatable bonds is 5. The summed E-state index contributed by atoms with van der Waals surface area (Å²) in [6.07, 6.45) is -4.50. The highest BCUT2D eigenvalue weighted by Crippen LogP contribution is 2.34. The third kappa shape index (κ3) is 4.91. The van der Waals surface area contributed by atoms with Crippen LogP contribution in [0.5, 0.6) is 0 Å². The molecule has 1 aliphatic rings. The van der Waals surface area contributed by atoms with Gasteiger partial charge < -0.3 is 28.4 Å². The molecule has 0 bridgehead atoms. The second-order valence-corrected chi connectivity index (χ2v) is 5.32. The van der Waals surface area contributed by atoms with E-state index in [1.54, 1.807) is 0 Å². The molecule has 0 N–H and O–H groups in total. The monoisotopic (exact) mass is 376 g/mol. The van der Waals surface area contributed by atoms with E-state index in [-0.39, 0.29) is 0 Å². The van der Waals surface area contributed by atoms with E-state index in [1.165, 1.54) is 0 Å². The van der Waals surface area contributed by atoms with Crippen molar-refractivity contribution in [1.29, 1.82) is 0 Å². The maximum Gasteiger partial charge on any atom is 0.383 e. The van der Waals surface area contributed by atoms with Crippen LogP contribution in [-0.2, 0) is 52.4 Å². The van der Waals surface area contributed by atoms with Crippen LogP contribution in [0.4, 0.5) is 0 Å². The van der Waals surface area contributed by atoms with Crippen molar-refractivity contribution in [2.45, 2.75) is 51.8 Å². The second-order valence-electron chi connectivity index (χ2n) is 5.32. The molecule has 0 saturated carbocycles. The highest BCUT2D eigenvalue weighted by atomic mass is 16.8. The summed E-state index contributed by atoms with van der Waals surface area (Å²) in [6.45, 7) is 3.64. The van der Waals surface area contributed by atoms with Gasteiger partial charge in [0, 0.05) is 27.7 Å². The maximum atomic E-state index is 12.3. The highest BCUT2D eigenvalue weighted by Gasteiger charge is 2.64. The molecule has 4 unspecified atom stereocenters. The lowest BCUT2D eigenvalue weighted by Crippen LogP contribution is -2.68. The van der Waals surface area contributed by atoms with E-state index in [0.717, 1.165) is 34.8 Å². The van der Waals surface area contributed by atoms with Crippen molar-refractivity contribution in [1.82, 2.24) is 0 Å². The largest absolute Gasteiger partial charge is 0.464 e. The Morgan fingerprint density at radius 2 is 1.38 bits per heavy atom. The summed E-state index contributed by atoms with van der Waals surface area (Å²) in [4.78, 5) is 58.1. The molecule has 0 spiro atoms. The molecule has 1 aliphatic heterocycles. The quantitative estimate of drug-likeness (QED) is 0.442. The molecule has 0 aromatic rings. The van der Waals surface area contributed by atoms with Gasteiger partial charge in [-0.05, 0) is 0 Å². The van der Waals surface area contributed by atoms with Gasteiger partial charge in [-0.3, -0.25) is 19.2 Å². The van der Waals surface area contributed by atoms with Crippen LogP contribution < -0.4 is 0 Å². The minimum atomic E-state index is -2.54. The molecule has 11 nitrogen and oxygen atoms in total. The Bertz CT molecular complexity index is 598. The average molecular weight is 376 g/mol. The molecule has 1 saturated heterocycles. The minimum Gasteiger partial charge on any atom is -0.464 e. The zero-order valence-corrected chi connectivity index (χ0v) is 14.9. The van der Waals surface area contributed by atoms with Crippen molar-refractivity contribution < 1.29 is 52.4 Å². The molecule has 146 valence electrons. The van der Waals surface area contributed by atoms with Gasteiger partial charge in [-0.1, -0.05) is 0 Å². The SMILES string of the molecule is COC(=O)C1(OC(C)=O)OCC(OC(C)=O)C(OC(C)=O)C1OC(C)=O. The summed E-state index contributed by atoms with van der Waals surface area (Å²) in [6, 6.07) is 0. The first kappa shape index (κ1) is 21.4. The molecular formula is C15H20O11. The summed E-state index contributed by atoms with van der Waals surface area (Å²) in [7, 11) is 0.987. The number of hydrogen-bond donors (Lipinski definition) is 0. The zero-order chi connectivity index (χ0) is 20.1. The Labute approximate surface area is 148 Å². The van der Waals surface area contributed by atoms with Gasteiger partial charge in [-0.25, -0.2) is 4.79 Å². The van der Waals surface area contributed by atoms with Crippen molar-refractivity contribution >= 4 is 29.8 Å². The van der Waals surface area contributed by atoms with Gasteiger partial charge in [0.1, 0.15) is 0 Å². The average Bonchev–Trinajstić information content (AvgIpc) is 2.50. The van der Waals surface area contributed by atoms with Gasteiger partial charge in [-0.2, -0.15) is 0 Å². The molecule has 1 heterocycles. The van der Waals surface area contributed by atoms with Crippen LogP contribution in [-0.4, -0.2) is 67.7 Å². The summed E-state index contributed by atoms with van der Waals surface area (Å²) < 4.78 is 30.0. The first-order valence-electron chi connectivity index (χ1n) is 7.47. The fourth-order valence-corrected chi connectivity index (χ4v) is 2.42. The van der Waals surface area contributed by atoms with Crippen molar-refractivity contribution in [3.05, 3.63) is 0 Å². The lowest BCUT2D eigenvalue weighted by Gasteiger charge is -2.44. The molecular weight excluding hydrogens is 356 g/mol. The number of ether oxygens (including phenoxy) is 6. The van der Waals surface area contributed by atoms with E-state index < -0.39 is 60.6 Å². The van der Waals surface area contributed by atoms with Gasteiger partial charge in [0.15, 0.2) is 12.2 Å². The molecule has 1 fully saturated rings. The van der Waals surface area contributed by atoms with Crippen LogP contribution in [0.1, 0.15) is 27.7 Å². The van der Waals surface area contributed by atoms with E-state index in [4.69, 9.17) is 23.7 Å². The lowest BCUT2D eigenvalue weighted by molar-refractivity contribution is -0.321. The summed E-state index contributed by atoms with van der Waals surface area (Å²) in [5, 5.41) is 0. The van der Waals surface area contributed by atoms with E-state index in [1.807, 2.05) is 0 Å². The number of methoxy groups -OCH3 is 1. The van der Waals surface area contributed by atoms with Crippen LogP contribution in [0.3, 0.4) is 0 Å². The fraction of sp³-hybridized carbons (Fsp3) is 0.667. The molecule has 1 rings (SSSR count). The van der Waals surface area contributed by atoms with Crippen LogP contribution in [0.15, 0.2) is 0 Å². The number of carbonyl (C=O) groups excluding carboxylic acids is 5. The maximum absolute atomic E-state index is 12.3. The molecule has 0 aliphatic carbocycles. The Morgan fingerprint density at radius 1 is 0.846 bits per heavy atom. The van der Waals surface area contributed by atoms with Crippen LogP contribution >= 0.6 is 0 Å². The van der Waals surface area contributed by atoms with Crippen molar-refractivity contribution in [3.8, 4) is 0 Å². The first-order valence-corrected chi connectivity index (χ1v) is 7.47. The second kappa shape index (κ2) is 8.61. The van der Waals surface area contributed by atoms with Crippen LogP contribution in [0.25, 0.3) is 0 Å². The Kier molecular flexibility index (Phi) is 7.07. The van der Waals surface area contributed by atoms with Gasteiger partial charge in [0.25, 0.3) is 0 Å². The smallest absolute Gasteiger partial charge is 0.383 e. The summed E-state index contributed by atoms with van der Waals surface area (Å²) >= 11 is 0. The molecule has 4 atom stereocenters. The Balaban J connectivity index is 3.46. The molecule has 11 heteroatoms. The third-order valence-electron chi connectivity index (χ3n) is 3.18. The van der Waals surface area contributed by atoms with Crippen LogP contribution in [0.2, 0.25) is 0 Å². The number of hydrogen-bond acceptors (Lipinski definition) is 11. The van der Waals surface area contributed by atoms with Gasteiger partial charge >= 0.3 is 35.6 Å². The van der Waals surface area contributed by atoms with E-state index in [9.17, 15) is 24.0 Å². The minimum absolute atomic E-state index is 0.502. The highest BCUT2D eigenvalue weighted by molar-refractivity contribution is 5.83.